The Bertz CT molecular complexity index is 310. The summed E-state index contributed by atoms with van der Waals surface area (Å²) in [6.45, 7) is 0.0636. The second-order valence-electron chi connectivity index (χ2n) is 3.24. The highest BCUT2D eigenvalue weighted by molar-refractivity contribution is 8.00. The van der Waals surface area contributed by atoms with Gasteiger partial charge in [-0.2, -0.15) is 0 Å². The van der Waals surface area contributed by atoms with Crippen molar-refractivity contribution >= 4 is 23.4 Å². The first-order chi connectivity index (χ1) is 6.29. The van der Waals surface area contributed by atoms with Crippen molar-refractivity contribution in [2.75, 3.05) is 0 Å². The molecule has 0 amide bonds. The lowest BCUT2D eigenvalue weighted by Gasteiger charge is -2.04. The molecule has 0 radical (unpaired) electrons. The minimum absolute atomic E-state index is 0.0636. The zero-order valence-corrected chi connectivity index (χ0v) is 8.74. The molecule has 1 aromatic carbocycles. The summed E-state index contributed by atoms with van der Waals surface area (Å²) >= 11 is 7.89. The van der Waals surface area contributed by atoms with Crippen molar-refractivity contribution in [3.8, 4) is 0 Å². The molecular weight excluding hydrogens is 204 g/mol. The van der Waals surface area contributed by atoms with Crippen molar-refractivity contribution in [3.63, 3.8) is 0 Å². The predicted molar refractivity (Wildman–Crippen MR) is 56.3 cm³/mol. The summed E-state index contributed by atoms with van der Waals surface area (Å²) in [5, 5.41) is 10.4. The Morgan fingerprint density at radius 3 is 2.77 bits per heavy atom. The van der Waals surface area contributed by atoms with Crippen LogP contribution in [0.25, 0.3) is 0 Å². The highest BCUT2D eigenvalue weighted by atomic mass is 35.5. The lowest BCUT2D eigenvalue weighted by molar-refractivity contribution is 0.282. The molecule has 0 spiro atoms. The summed E-state index contributed by atoms with van der Waals surface area (Å²) < 4.78 is 0. The second kappa shape index (κ2) is 3.91. The summed E-state index contributed by atoms with van der Waals surface area (Å²) in [5.74, 6) is 0. The average Bonchev–Trinajstić information content (AvgIpc) is 2.92. The number of rotatable bonds is 3. The van der Waals surface area contributed by atoms with Gasteiger partial charge in [0.2, 0.25) is 0 Å². The van der Waals surface area contributed by atoms with Crippen LogP contribution in [0.4, 0.5) is 0 Å². The van der Waals surface area contributed by atoms with Crippen molar-refractivity contribution in [2.45, 2.75) is 29.6 Å². The van der Waals surface area contributed by atoms with Crippen LogP contribution in [0.15, 0.2) is 23.1 Å². The van der Waals surface area contributed by atoms with Crippen molar-refractivity contribution < 1.29 is 5.11 Å². The van der Waals surface area contributed by atoms with E-state index in [1.807, 2.05) is 30.0 Å². The van der Waals surface area contributed by atoms with E-state index in [4.69, 9.17) is 16.7 Å². The number of aliphatic hydroxyl groups excluding tert-OH is 1. The third-order valence-corrected chi connectivity index (χ3v) is 3.84. The Labute approximate surface area is 87.1 Å². The molecule has 1 aromatic rings. The molecule has 0 bridgehead atoms. The van der Waals surface area contributed by atoms with Gasteiger partial charge in [0.05, 0.1) is 11.6 Å². The number of aliphatic hydroxyl groups is 1. The lowest BCUT2D eigenvalue weighted by Crippen LogP contribution is -1.84. The molecule has 1 aliphatic rings. The number of benzene rings is 1. The van der Waals surface area contributed by atoms with E-state index in [9.17, 15) is 0 Å². The zero-order chi connectivity index (χ0) is 9.26. The molecule has 0 atom stereocenters. The minimum atomic E-state index is 0.0636. The van der Waals surface area contributed by atoms with E-state index in [1.165, 1.54) is 12.8 Å². The van der Waals surface area contributed by atoms with Crippen molar-refractivity contribution in [1.29, 1.82) is 0 Å². The maximum absolute atomic E-state index is 8.88. The van der Waals surface area contributed by atoms with E-state index in [0.29, 0.717) is 0 Å². The van der Waals surface area contributed by atoms with Gasteiger partial charge < -0.3 is 5.11 Å². The van der Waals surface area contributed by atoms with Gasteiger partial charge in [-0.25, -0.2) is 0 Å². The smallest absolute Gasteiger partial charge is 0.0682 e. The SMILES string of the molecule is OCc1ccc(SC2CC2)c(Cl)c1. The maximum atomic E-state index is 8.88. The monoisotopic (exact) mass is 214 g/mol. The Kier molecular flexibility index (Phi) is 2.82. The molecule has 1 saturated carbocycles. The molecule has 1 fully saturated rings. The molecule has 1 N–H and O–H groups in total. The fourth-order valence-corrected chi connectivity index (χ4v) is 2.49. The van der Waals surface area contributed by atoms with E-state index >= 15 is 0 Å². The van der Waals surface area contributed by atoms with Gasteiger partial charge in [0.1, 0.15) is 0 Å². The first kappa shape index (κ1) is 9.38. The van der Waals surface area contributed by atoms with Gasteiger partial charge in [-0.3, -0.25) is 0 Å². The van der Waals surface area contributed by atoms with E-state index in [1.54, 1.807) is 0 Å². The minimum Gasteiger partial charge on any atom is -0.392 e. The Hall–Kier alpha value is -0.180. The van der Waals surface area contributed by atoms with E-state index < -0.39 is 0 Å². The molecule has 1 nitrogen and oxygen atoms in total. The van der Waals surface area contributed by atoms with Crippen LogP contribution in [-0.2, 0) is 6.61 Å². The molecule has 0 saturated heterocycles. The second-order valence-corrected chi connectivity index (χ2v) is 4.99. The van der Waals surface area contributed by atoms with E-state index in [0.717, 1.165) is 20.7 Å². The van der Waals surface area contributed by atoms with Crippen LogP contribution in [0.2, 0.25) is 5.02 Å². The molecule has 0 aromatic heterocycles. The van der Waals surface area contributed by atoms with E-state index in [-0.39, 0.29) is 6.61 Å². The highest BCUT2D eigenvalue weighted by Crippen LogP contribution is 2.41. The zero-order valence-electron chi connectivity index (χ0n) is 7.16. The van der Waals surface area contributed by atoms with Crippen LogP contribution in [0.3, 0.4) is 0 Å². The fraction of sp³-hybridized carbons (Fsp3) is 0.400. The molecule has 13 heavy (non-hydrogen) atoms. The first-order valence-corrected chi connectivity index (χ1v) is 5.61. The molecule has 0 unspecified atom stereocenters. The van der Waals surface area contributed by atoms with E-state index in [2.05, 4.69) is 0 Å². The molecule has 0 heterocycles. The van der Waals surface area contributed by atoms with Gasteiger partial charge in [0, 0.05) is 10.1 Å². The van der Waals surface area contributed by atoms with Crippen LogP contribution in [0, 0.1) is 0 Å². The first-order valence-electron chi connectivity index (χ1n) is 4.35. The predicted octanol–water partition coefficient (Wildman–Crippen LogP) is 3.09. The standard InChI is InChI=1S/C10H11ClOS/c11-9-5-7(6-12)1-4-10(9)13-8-2-3-8/h1,4-5,8,12H,2-3,6H2. The topological polar surface area (TPSA) is 20.2 Å². The Balaban J connectivity index is 2.15. The summed E-state index contributed by atoms with van der Waals surface area (Å²) in [6, 6.07) is 5.76. The molecule has 1 aliphatic carbocycles. The number of hydrogen-bond donors (Lipinski definition) is 1. The fourth-order valence-electron chi connectivity index (χ4n) is 1.10. The Morgan fingerprint density at radius 2 is 2.23 bits per heavy atom. The van der Waals surface area contributed by atoms with Crippen molar-refractivity contribution in [3.05, 3.63) is 28.8 Å². The van der Waals surface area contributed by atoms with Crippen LogP contribution in [0.5, 0.6) is 0 Å². The van der Waals surface area contributed by atoms with Gasteiger partial charge in [-0.15, -0.1) is 11.8 Å². The van der Waals surface area contributed by atoms with Crippen molar-refractivity contribution in [2.24, 2.45) is 0 Å². The summed E-state index contributed by atoms with van der Waals surface area (Å²) in [7, 11) is 0. The number of halogens is 1. The summed E-state index contributed by atoms with van der Waals surface area (Å²) in [6.07, 6.45) is 2.62. The molecule has 3 heteroatoms. The number of hydrogen-bond acceptors (Lipinski definition) is 2. The van der Waals surface area contributed by atoms with Gasteiger partial charge in [-0.05, 0) is 30.5 Å². The third-order valence-electron chi connectivity index (χ3n) is 2.00. The summed E-state index contributed by atoms with van der Waals surface area (Å²) in [5.41, 5.74) is 0.880. The van der Waals surface area contributed by atoms with Gasteiger partial charge in [0.15, 0.2) is 0 Å². The normalized spacial score (nSPS) is 16.2. The lowest BCUT2D eigenvalue weighted by atomic mass is 10.2. The van der Waals surface area contributed by atoms with Crippen LogP contribution < -0.4 is 0 Å². The summed E-state index contributed by atoms with van der Waals surface area (Å²) in [4.78, 5) is 1.14. The quantitative estimate of drug-likeness (QED) is 0.835. The molecule has 2 rings (SSSR count). The maximum Gasteiger partial charge on any atom is 0.0682 e. The Morgan fingerprint density at radius 1 is 1.46 bits per heavy atom. The van der Waals surface area contributed by atoms with Crippen LogP contribution in [-0.4, -0.2) is 10.4 Å². The van der Waals surface area contributed by atoms with Gasteiger partial charge in [-0.1, -0.05) is 17.7 Å². The third kappa shape index (κ3) is 2.39. The molecular formula is C10H11ClOS. The molecule has 70 valence electrons. The van der Waals surface area contributed by atoms with Gasteiger partial charge in [0.25, 0.3) is 0 Å². The largest absolute Gasteiger partial charge is 0.392 e. The van der Waals surface area contributed by atoms with Crippen LogP contribution in [0.1, 0.15) is 18.4 Å². The average molecular weight is 215 g/mol. The molecule has 0 aliphatic heterocycles. The highest BCUT2D eigenvalue weighted by Gasteiger charge is 2.23. The number of thioether (sulfide) groups is 1. The van der Waals surface area contributed by atoms with Crippen LogP contribution >= 0.6 is 23.4 Å². The van der Waals surface area contributed by atoms with Gasteiger partial charge >= 0.3 is 0 Å². The van der Waals surface area contributed by atoms with Crippen molar-refractivity contribution in [1.82, 2.24) is 0 Å².